The highest BCUT2D eigenvalue weighted by Gasteiger charge is 2.36. The number of hydrogen-bond acceptors (Lipinski definition) is 6. The molecule has 1 saturated carbocycles. The Morgan fingerprint density at radius 2 is 1.83 bits per heavy atom. The smallest absolute Gasteiger partial charge is 0.307 e. The van der Waals surface area contributed by atoms with E-state index in [1.165, 1.54) is 28.6 Å². The zero-order valence-electron chi connectivity index (χ0n) is 16.9. The summed E-state index contributed by atoms with van der Waals surface area (Å²) in [6.45, 7) is 3.91. The molecule has 0 bridgehead atoms. The van der Waals surface area contributed by atoms with Crippen molar-refractivity contribution < 1.29 is 14.6 Å². The van der Waals surface area contributed by atoms with Gasteiger partial charge >= 0.3 is 5.97 Å². The second kappa shape index (κ2) is 6.52. The van der Waals surface area contributed by atoms with Gasteiger partial charge in [-0.1, -0.05) is 29.8 Å². The molecule has 0 amide bonds. The normalized spacial score (nSPS) is 18.9. The Morgan fingerprint density at radius 1 is 1.10 bits per heavy atom. The van der Waals surface area contributed by atoms with Gasteiger partial charge in [-0.15, -0.1) is 0 Å². The van der Waals surface area contributed by atoms with Crippen LogP contribution in [0.3, 0.4) is 0 Å². The minimum atomic E-state index is -0.748. The lowest BCUT2D eigenvalue weighted by molar-refractivity contribution is -0.136. The van der Waals surface area contributed by atoms with Crippen LogP contribution in [0, 0.1) is 0 Å². The fourth-order valence-electron chi connectivity index (χ4n) is 4.37. The van der Waals surface area contributed by atoms with Crippen LogP contribution in [0.25, 0.3) is 5.57 Å². The molecule has 30 heavy (non-hydrogen) atoms. The van der Waals surface area contributed by atoms with Gasteiger partial charge in [0.1, 0.15) is 11.9 Å². The van der Waals surface area contributed by atoms with Crippen LogP contribution in [0.4, 0.5) is 11.5 Å². The first kappa shape index (κ1) is 18.5. The van der Waals surface area contributed by atoms with Gasteiger partial charge in [-0.05, 0) is 55.4 Å². The SMILES string of the molecule is CC1(C)Oc2ncnc(N)c2N=C1c1ccc(C2=C3CC3=C(CC(=O)O)CC2)cc1. The van der Waals surface area contributed by atoms with Crippen LogP contribution in [0.5, 0.6) is 5.88 Å². The highest BCUT2D eigenvalue weighted by Crippen LogP contribution is 2.51. The zero-order valence-corrected chi connectivity index (χ0v) is 16.9. The van der Waals surface area contributed by atoms with Gasteiger partial charge in [0.05, 0.1) is 12.1 Å². The Labute approximate surface area is 174 Å². The number of hydrogen-bond donors (Lipinski definition) is 2. The number of aliphatic carboxylic acids is 1. The first-order valence-corrected chi connectivity index (χ1v) is 9.98. The van der Waals surface area contributed by atoms with E-state index < -0.39 is 11.6 Å². The Morgan fingerprint density at radius 3 is 2.57 bits per heavy atom. The van der Waals surface area contributed by atoms with Crippen molar-refractivity contribution in [1.82, 2.24) is 9.97 Å². The molecule has 1 aromatic heterocycles. The molecule has 0 radical (unpaired) electrons. The predicted octanol–water partition coefficient (Wildman–Crippen LogP) is 4.07. The number of rotatable bonds is 4. The number of aromatic nitrogens is 2. The molecule has 2 heterocycles. The molecule has 3 aliphatic rings. The summed E-state index contributed by atoms with van der Waals surface area (Å²) in [5.41, 5.74) is 13.7. The van der Waals surface area contributed by atoms with Gasteiger partial charge in [-0.2, -0.15) is 4.98 Å². The average molecular weight is 402 g/mol. The standard InChI is InChI=1S/C23H22N4O3/c1-23(2)20(27-19-21(24)25-11-26-22(19)30-23)13-5-3-12(4-6-13)15-8-7-14(9-18(28)29)16-10-17(15)16/h3-6,11H,7-10H2,1-2H3,(H,28,29)(H2,24,25,26). The minimum absolute atomic E-state index is 0.161. The monoisotopic (exact) mass is 402 g/mol. The summed E-state index contributed by atoms with van der Waals surface area (Å²) < 4.78 is 6.06. The molecule has 3 N–H and O–H groups in total. The van der Waals surface area contributed by atoms with Crippen molar-refractivity contribution in [3.63, 3.8) is 0 Å². The molecule has 2 aliphatic carbocycles. The fourth-order valence-corrected chi connectivity index (χ4v) is 4.37. The van der Waals surface area contributed by atoms with E-state index in [0.717, 1.165) is 36.1 Å². The summed E-state index contributed by atoms with van der Waals surface area (Å²) in [7, 11) is 0. The van der Waals surface area contributed by atoms with Crippen molar-refractivity contribution in [1.29, 1.82) is 0 Å². The van der Waals surface area contributed by atoms with Crippen LogP contribution in [0.2, 0.25) is 0 Å². The van der Waals surface area contributed by atoms with Crippen molar-refractivity contribution >= 4 is 28.8 Å². The predicted molar refractivity (Wildman–Crippen MR) is 114 cm³/mol. The number of carboxylic acids is 1. The van der Waals surface area contributed by atoms with Crippen molar-refractivity contribution in [3.05, 3.63) is 58.4 Å². The van der Waals surface area contributed by atoms with Crippen LogP contribution in [0.1, 0.15) is 50.7 Å². The van der Waals surface area contributed by atoms with Gasteiger partial charge in [-0.3, -0.25) is 4.79 Å². The molecule has 0 spiro atoms. The van der Waals surface area contributed by atoms with Gasteiger partial charge < -0.3 is 15.6 Å². The van der Waals surface area contributed by atoms with Gasteiger partial charge in [0.25, 0.3) is 0 Å². The topological polar surface area (TPSA) is 111 Å². The van der Waals surface area contributed by atoms with E-state index in [9.17, 15) is 4.79 Å². The minimum Gasteiger partial charge on any atom is -0.481 e. The third-order valence-corrected chi connectivity index (χ3v) is 5.89. The van der Waals surface area contributed by atoms with Crippen LogP contribution in [-0.2, 0) is 4.79 Å². The van der Waals surface area contributed by atoms with Gasteiger partial charge in [0.2, 0.25) is 5.88 Å². The second-order valence-corrected chi connectivity index (χ2v) is 8.35. The van der Waals surface area contributed by atoms with E-state index in [4.69, 9.17) is 20.6 Å². The number of nitrogen functional groups attached to an aromatic ring is 1. The number of allylic oxidation sites excluding steroid dienone is 3. The Bertz CT molecular complexity index is 1170. The number of aliphatic imine (C=N–C) groups is 1. The molecule has 1 aliphatic heterocycles. The van der Waals surface area contributed by atoms with Gasteiger partial charge in [0, 0.05) is 5.56 Å². The Hall–Kier alpha value is -3.48. The van der Waals surface area contributed by atoms with Crippen LogP contribution in [-0.4, -0.2) is 32.4 Å². The summed E-state index contributed by atoms with van der Waals surface area (Å²) in [5, 5.41) is 9.07. The summed E-state index contributed by atoms with van der Waals surface area (Å²) in [5.74, 6) is -0.0569. The molecule has 1 aromatic carbocycles. The highest BCUT2D eigenvalue weighted by atomic mass is 16.5. The largest absolute Gasteiger partial charge is 0.481 e. The number of nitrogens with two attached hydrogens (primary N) is 1. The third-order valence-electron chi connectivity index (χ3n) is 5.89. The third kappa shape index (κ3) is 3.07. The number of nitrogens with zero attached hydrogens (tertiary/aromatic N) is 3. The van der Waals surface area contributed by atoms with E-state index in [0.29, 0.717) is 17.4 Å². The molecule has 0 unspecified atom stereocenters. The number of carbonyl (C=O) groups is 1. The molecule has 7 nitrogen and oxygen atoms in total. The van der Waals surface area contributed by atoms with Gasteiger partial charge in [-0.25, -0.2) is 9.98 Å². The molecule has 1 fully saturated rings. The van der Waals surface area contributed by atoms with Crippen molar-refractivity contribution in [2.45, 2.75) is 45.1 Å². The number of ether oxygens (including phenoxy) is 1. The van der Waals surface area contributed by atoms with E-state index in [1.54, 1.807) is 0 Å². The molecule has 5 rings (SSSR count). The van der Waals surface area contributed by atoms with Crippen LogP contribution in [0.15, 0.2) is 52.3 Å². The number of fused-ring (bicyclic) bond motifs is 2. The first-order valence-electron chi connectivity index (χ1n) is 9.98. The molecule has 7 heteroatoms. The van der Waals surface area contributed by atoms with E-state index in [-0.39, 0.29) is 6.42 Å². The van der Waals surface area contributed by atoms with E-state index in [1.807, 2.05) is 13.8 Å². The van der Waals surface area contributed by atoms with Crippen molar-refractivity contribution in [3.8, 4) is 5.88 Å². The summed E-state index contributed by atoms with van der Waals surface area (Å²) in [6.07, 6.45) is 4.17. The molecule has 0 saturated heterocycles. The van der Waals surface area contributed by atoms with E-state index >= 15 is 0 Å². The summed E-state index contributed by atoms with van der Waals surface area (Å²) >= 11 is 0. The average Bonchev–Trinajstić information content (AvgIpc) is 3.49. The maximum absolute atomic E-state index is 11.0. The number of benzene rings is 1. The second-order valence-electron chi connectivity index (χ2n) is 8.35. The Kier molecular flexibility index (Phi) is 4.03. The lowest BCUT2D eigenvalue weighted by Crippen LogP contribution is -2.41. The first-order chi connectivity index (χ1) is 14.3. The van der Waals surface area contributed by atoms with Crippen molar-refractivity contribution in [2.24, 2.45) is 4.99 Å². The Balaban J connectivity index is 1.47. The van der Waals surface area contributed by atoms with E-state index in [2.05, 4.69) is 34.2 Å². The quantitative estimate of drug-likeness (QED) is 0.797. The summed E-state index contributed by atoms with van der Waals surface area (Å²) in [6, 6.07) is 8.32. The number of carboxylic acid groups (broad SMARTS) is 1. The highest BCUT2D eigenvalue weighted by molar-refractivity contribution is 6.09. The molecular formula is C23H22N4O3. The summed E-state index contributed by atoms with van der Waals surface area (Å²) in [4.78, 5) is 23.9. The number of anilines is 1. The molecule has 2 aromatic rings. The van der Waals surface area contributed by atoms with Crippen molar-refractivity contribution in [2.75, 3.05) is 5.73 Å². The fraction of sp³-hybridized carbons (Fsp3) is 0.304. The van der Waals surface area contributed by atoms with Crippen LogP contribution >= 0.6 is 0 Å². The lowest BCUT2D eigenvalue weighted by atomic mass is 9.89. The zero-order chi connectivity index (χ0) is 21.0. The molecule has 152 valence electrons. The van der Waals surface area contributed by atoms with Crippen LogP contribution < -0.4 is 10.5 Å². The maximum Gasteiger partial charge on any atom is 0.307 e. The molecular weight excluding hydrogens is 380 g/mol. The van der Waals surface area contributed by atoms with Gasteiger partial charge in [0.15, 0.2) is 11.5 Å². The molecule has 0 atom stereocenters. The maximum atomic E-state index is 11.0. The lowest BCUT2D eigenvalue weighted by Gasteiger charge is -2.32.